The molecule has 1 aromatic carbocycles. The number of ether oxygens (including phenoxy) is 3. The lowest BCUT2D eigenvalue weighted by atomic mass is 10.2. The zero-order chi connectivity index (χ0) is 18.2. The van der Waals surface area contributed by atoms with Crippen LogP contribution in [0.2, 0.25) is 0 Å². The summed E-state index contributed by atoms with van der Waals surface area (Å²) in [6, 6.07) is 4.91. The van der Waals surface area contributed by atoms with Crippen molar-refractivity contribution in [1.29, 1.82) is 0 Å². The molecule has 0 bridgehead atoms. The third-order valence-electron chi connectivity index (χ3n) is 2.21. The first-order chi connectivity index (χ1) is 11.2. The van der Waals surface area contributed by atoms with Crippen molar-refractivity contribution in [3.8, 4) is 5.75 Å². The number of rotatable bonds is 6. The maximum absolute atomic E-state index is 11.4. The highest BCUT2D eigenvalue weighted by Crippen LogP contribution is 2.17. The number of benzene rings is 1. The predicted octanol–water partition coefficient (Wildman–Crippen LogP) is 2.57. The fourth-order valence-electron chi connectivity index (χ4n) is 1.34. The summed E-state index contributed by atoms with van der Waals surface area (Å²) in [6.07, 6.45) is -1.78. The van der Waals surface area contributed by atoms with Crippen LogP contribution >= 0.6 is 0 Å². The van der Waals surface area contributed by atoms with Crippen molar-refractivity contribution < 1.29 is 33.6 Å². The molecule has 0 spiro atoms. The molecule has 10 nitrogen and oxygen atoms in total. The average molecular weight is 342 g/mol. The van der Waals surface area contributed by atoms with Gasteiger partial charge in [0.05, 0.1) is 4.92 Å². The van der Waals surface area contributed by atoms with Crippen LogP contribution in [0.3, 0.4) is 0 Å². The normalized spacial score (nSPS) is 10.6. The third-order valence-corrected chi connectivity index (χ3v) is 2.21. The number of carbonyl (C=O) groups is 2. The Kier molecular flexibility index (Phi) is 6.93. The molecule has 0 fully saturated rings. The van der Waals surface area contributed by atoms with Gasteiger partial charge >= 0.3 is 12.2 Å². The van der Waals surface area contributed by atoms with Gasteiger partial charge < -0.3 is 14.2 Å². The fraction of sp³-hybridized carbons (Fsp3) is 0.429. The van der Waals surface area contributed by atoms with Gasteiger partial charge in [-0.05, 0) is 32.9 Å². The summed E-state index contributed by atoms with van der Waals surface area (Å²) < 4.78 is 14.4. The van der Waals surface area contributed by atoms with Gasteiger partial charge in [0.1, 0.15) is 24.6 Å². The zero-order valence-corrected chi connectivity index (χ0v) is 13.4. The minimum atomic E-state index is -1.01. The molecule has 0 radical (unpaired) electrons. The number of nitro benzene ring substituents is 1. The molecular formula is C14H18N2O8. The second-order valence-electron chi connectivity index (χ2n) is 5.40. The fourth-order valence-corrected chi connectivity index (χ4v) is 1.34. The van der Waals surface area contributed by atoms with E-state index in [4.69, 9.17) is 19.0 Å². The van der Waals surface area contributed by atoms with Crippen LogP contribution in [-0.2, 0) is 14.3 Å². The van der Waals surface area contributed by atoms with Gasteiger partial charge in [-0.1, -0.05) is 0 Å². The van der Waals surface area contributed by atoms with Gasteiger partial charge in [0.15, 0.2) is 0 Å². The summed E-state index contributed by atoms with van der Waals surface area (Å²) >= 11 is 0. The minimum absolute atomic E-state index is 0.0957. The van der Waals surface area contributed by atoms with Crippen LogP contribution in [0.15, 0.2) is 24.3 Å². The smallest absolute Gasteiger partial charge is 0.442 e. The lowest BCUT2D eigenvalue weighted by molar-refractivity contribution is -0.384. The molecule has 1 rings (SSSR count). The highest BCUT2D eigenvalue weighted by Gasteiger charge is 2.16. The van der Waals surface area contributed by atoms with E-state index >= 15 is 0 Å². The summed E-state index contributed by atoms with van der Waals surface area (Å²) in [5.74, 6) is 0.0957. The molecule has 0 aliphatic carbocycles. The van der Waals surface area contributed by atoms with Gasteiger partial charge in [-0.2, -0.15) is 5.48 Å². The first-order valence-corrected chi connectivity index (χ1v) is 6.87. The molecule has 0 aromatic heterocycles. The molecule has 0 atom stereocenters. The number of hydrogen-bond acceptors (Lipinski definition) is 8. The van der Waals surface area contributed by atoms with Crippen molar-refractivity contribution in [3.05, 3.63) is 34.4 Å². The molecule has 0 heterocycles. The maximum atomic E-state index is 11.4. The van der Waals surface area contributed by atoms with E-state index in [1.165, 1.54) is 24.3 Å². The lowest BCUT2D eigenvalue weighted by Gasteiger charge is -2.19. The highest BCUT2D eigenvalue weighted by molar-refractivity contribution is 5.66. The van der Waals surface area contributed by atoms with Crippen molar-refractivity contribution in [3.63, 3.8) is 0 Å². The summed E-state index contributed by atoms with van der Waals surface area (Å²) in [5.41, 5.74) is 1.24. The standard InChI is InChI=1S/C14H18N2O8/c1-14(2,3)24-12(17)15-22-9-8-21-13(18)23-11-6-4-10(5-7-11)16(19)20/h4-7H,8-9H2,1-3H3,(H,15,17). The van der Waals surface area contributed by atoms with E-state index in [0.717, 1.165) is 0 Å². The molecule has 0 unspecified atom stereocenters. The van der Waals surface area contributed by atoms with Gasteiger partial charge in [-0.3, -0.25) is 15.0 Å². The highest BCUT2D eigenvalue weighted by atomic mass is 16.7. The number of nitrogens with one attached hydrogen (secondary N) is 1. The largest absolute Gasteiger partial charge is 0.513 e. The topological polar surface area (TPSA) is 126 Å². The number of hydrogen-bond donors (Lipinski definition) is 1. The third kappa shape index (κ3) is 7.94. The van der Waals surface area contributed by atoms with E-state index < -0.39 is 22.8 Å². The Labute approximate surface area is 137 Å². The molecule has 132 valence electrons. The monoisotopic (exact) mass is 342 g/mol. The van der Waals surface area contributed by atoms with E-state index in [1.807, 2.05) is 5.48 Å². The van der Waals surface area contributed by atoms with Crippen LogP contribution < -0.4 is 10.2 Å². The van der Waals surface area contributed by atoms with Crippen molar-refractivity contribution in [2.24, 2.45) is 0 Å². The molecular weight excluding hydrogens is 324 g/mol. The molecule has 0 aliphatic rings. The number of amides is 1. The Morgan fingerprint density at radius 2 is 1.79 bits per heavy atom. The SMILES string of the molecule is CC(C)(C)OC(=O)NOCCOC(=O)Oc1ccc([N+](=O)[O-])cc1. The summed E-state index contributed by atoms with van der Waals surface area (Å²) in [5, 5.41) is 10.5. The van der Waals surface area contributed by atoms with Crippen LogP contribution in [-0.4, -0.2) is 36.0 Å². The number of nitrogens with zero attached hydrogens (tertiary/aromatic N) is 1. The first kappa shape index (κ1) is 19.2. The molecule has 0 saturated carbocycles. The molecule has 24 heavy (non-hydrogen) atoms. The van der Waals surface area contributed by atoms with Crippen molar-refractivity contribution in [2.75, 3.05) is 13.2 Å². The Bertz CT molecular complexity index is 579. The maximum Gasteiger partial charge on any atom is 0.513 e. The van der Waals surface area contributed by atoms with Gasteiger partial charge in [-0.15, -0.1) is 0 Å². The van der Waals surface area contributed by atoms with E-state index in [-0.39, 0.29) is 24.7 Å². The Morgan fingerprint density at radius 3 is 2.33 bits per heavy atom. The van der Waals surface area contributed by atoms with Crippen LogP contribution in [0.4, 0.5) is 15.3 Å². The molecule has 0 aliphatic heterocycles. The van der Waals surface area contributed by atoms with Crippen LogP contribution in [0.5, 0.6) is 5.75 Å². The average Bonchev–Trinajstić information content (AvgIpc) is 2.45. The van der Waals surface area contributed by atoms with E-state index in [2.05, 4.69) is 0 Å². The zero-order valence-electron chi connectivity index (χ0n) is 13.4. The van der Waals surface area contributed by atoms with Gasteiger partial charge in [0, 0.05) is 12.1 Å². The van der Waals surface area contributed by atoms with E-state index in [0.29, 0.717) is 0 Å². The van der Waals surface area contributed by atoms with E-state index in [9.17, 15) is 19.7 Å². The van der Waals surface area contributed by atoms with Gasteiger partial charge in [0.25, 0.3) is 5.69 Å². The quantitative estimate of drug-likeness (QED) is 0.275. The number of nitro groups is 1. The predicted molar refractivity (Wildman–Crippen MR) is 80.4 cm³/mol. The Morgan fingerprint density at radius 1 is 1.17 bits per heavy atom. The molecule has 1 N–H and O–H groups in total. The van der Waals surface area contributed by atoms with Crippen LogP contribution in [0.25, 0.3) is 0 Å². The Balaban J connectivity index is 2.20. The lowest BCUT2D eigenvalue weighted by Crippen LogP contribution is -2.33. The van der Waals surface area contributed by atoms with Gasteiger partial charge in [-0.25, -0.2) is 9.59 Å². The second-order valence-corrected chi connectivity index (χ2v) is 5.40. The molecule has 1 aromatic rings. The van der Waals surface area contributed by atoms with Crippen LogP contribution in [0, 0.1) is 10.1 Å². The van der Waals surface area contributed by atoms with Gasteiger partial charge in [0.2, 0.25) is 0 Å². The molecule has 0 saturated heterocycles. The Hall–Kier alpha value is -2.88. The number of non-ortho nitro benzene ring substituents is 1. The van der Waals surface area contributed by atoms with Crippen LogP contribution in [0.1, 0.15) is 20.8 Å². The van der Waals surface area contributed by atoms with Crippen molar-refractivity contribution >= 4 is 17.9 Å². The molecule has 1 amide bonds. The molecule has 10 heteroatoms. The first-order valence-electron chi connectivity index (χ1n) is 6.87. The van der Waals surface area contributed by atoms with Crippen molar-refractivity contribution in [1.82, 2.24) is 5.48 Å². The summed E-state index contributed by atoms with van der Waals surface area (Å²) in [4.78, 5) is 37.3. The summed E-state index contributed by atoms with van der Waals surface area (Å²) in [6.45, 7) is 4.80. The second kappa shape index (κ2) is 8.67. The van der Waals surface area contributed by atoms with Crippen molar-refractivity contribution in [2.45, 2.75) is 26.4 Å². The number of carbonyl (C=O) groups excluding carboxylic acids is 2. The number of hydroxylamine groups is 1. The minimum Gasteiger partial charge on any atom is -0.442 e. The van der Waals surface area contributed by atoms with E-state index in [1.54, 1.807) is 20.8 Å². The summed E-state index contributed by atoms with van der Waals surface area (Å²) in [7, 11) is 0.